The molecule has 3 aromatic rings. The van der Waals surface area contributed by atoms with Crippen LogP contribution in [0.3, 0.4) is 0 Å². The van der Waals surface area contributed by atoms with Crippen molar-refractivity contribution < 1.29 is 0 Å². The Morgan fingerprint density at radius 1 is 1.08 bits per heavy atom. The van der Waals surface area contributed by atoms with Crippen molar-refractivity contribution in [3.05, 3.63) is 50.5 Å². The third kappa shape index (κ3) is 2.10. The molecular formula is C19H20N4OS. The summed E-state index contributed by atoms with van der Waals surface area (Å²) in [5.74, 6) is 0.495. The van der Waals surface area contributed by atoms with Crippen LogP contribution >= 0.6 is 12.2 Å². The van der Waals surface area contributed by atoms with Crippen LogP contribution < -0.4 is 5.56 Å². The van der Waals surface area contributed by atoms with Gasteiger partial charge in [-0.25, -0.2) is 9.38 Å². The van der Waals surface area contributed by atoms with E-state index in [1.165, 1.54) is 35.6 Å². The number of hydrogen-bond donors (Lipinski definition) is 2. The van der Waals surface area contributed by atoms with Gasteiger partial charge in [0, 0.05) is 11.0 Å². The van der Waals surface area contributed by atoms with Crippen LogP contribution in [0.5, 0.6) is 0 Å². The Labute approximate surface area is 150 Å². The number of aromatic amines is 2. The van der Waals surface area contributed by atoms with Crippen LogP contribution in [0, 0.1) is 4.77 Å². The van der Waals surface area contributed by atoms with Crippen LogP contribution in [0.1, 0.15) is 49.7 Å². The van der Waals surface area contributed by atoms with Crippen LogP contribution in [0.2, 0.25) is 0 Å². The van der Waals surface area contributed by atoms with E-state index in [2.05, 4.69) is 28.4 Å². The van der Waals surface area contributed by atoms with Gasteiger partial charge in [-0.1, -0.05) is 49.9 Å². The normalized spacial score (nSPS) is 18.7. The maximum atomic E-state index is 13.5. The zero-order chi connectivity index (χ0) is 17.0. The van der Waals surface area contributed by atoms with Gasteiger partial charge in [-0.05, 0) is 37.0 Å². The number of nitrogens with zero attached hydrogens (tertiary/aromatic N) is 2. The molecule has 0 bridgehead atoms. The second-order valence-corrected chi connectivity index (χ2v) is 7.77. The van der Waals surface area contributed by atoms with Gasteiger partial charge in [0.25, 0.3) is 5.56 Å². The van der Waals surface area contributed by atoms with Crippen molar-refractivity contribution >= 4 is 18.0 Å². The summed E-state index contributed by atoms with van der Waals surface area (Å²) in [7, 11) is 0. The zero-order valence-electron chi connectivity index (χ0n) is 14.0. The molecule has 2 heterocycles. The Hall–Kier alpha value is -2.21. The fourth-order valence-electron chi connectivity index (χ4n) is 4.82. The van der Waals surface area contributed by atoms with E-state index in [-0.39, 0.29) is 11.0 Å². The SMILES string of the molecule is O=c1c2c(nc3[nH][nH]c(=S)n13)-c1ccccc1CC21CCCCCC1. The van der Waals surface area contributed by atoms with Crippen molar-refractivity contribution in [2.45, 2.75) is 50.4 Å². The average Bonchev–Trinajstić information content (AvgIpc) is 2.84. The quantitative estimate of drug-likeness (QED) is 0.603. The van der Waals surface area contributed by atoms with E-state index in [1.807, 2.05) is 6.07 Å². The molecule has 6 heteroatoms. The summed E-state index contributed by atoms with van der Waals surface area (Å²) in [6.45, 7) is 0. The Kier molecular flexibility index (Phi) is 3.25. The standard InChI is InChI=1S/C19H20N4OS/c24-16-14-15(20-17-21-22-18(25)23(16)17)13-8-4-3-7-12(13)11-19(14)9-5-1-2-6-10-19/h3-4,7-8H,1-2,5-6,9-11H2,(H,20,21)(H,22,25). The van der Waals surface area contributed by atoms with Crippen molar-refractivity contribution in [1.82, 2.24) is 19.6 Å². The number of benzene rings is 1. The lowest BCUT2D eigenvalue weighted by Gasteiger charge is -2.38. The first-order chi connectivity index (χ1) is 12.2. The molecular weight excluding hydrogens is 332 g/mol. The molecule has 0 unspecified atom stereocenters. The fraction of sp³-hybridized carbons (Fsp3) is 0.421. The van der Waals surface area contributed by atoms with Gasteiger partial charge in [-0.3, -0.25) is 15.0 Å². The Morgan fingerprint density at radius 2 is 1.84 bits per heavy atom. The fourth-order valence-corrected chi connectivity index (χ4v) is 5.04. The van der Waals surface area contributed by atoms with Gasteiger partial charge in [0.2, 0.25) is 10.5 Å². The number of hydrogen-bond acceptors (Lipinski definition) is 3. The molecule has 2 aliphatic carbocycles. The van der Waals surface area contributed by atoms with Crippen LogP contribution in [-0.4, -0.2) is 19.6 Å². The van der Waals surface area contributed by atoms with Crippen molar-refractivity contribution in [2.75, 3.05) is 0 Å². The lowest BCUT2D eigenvalue weighted by Crippen LogP contribution is -2.40. The number of nitrogens with one attached hydrogen (secondary N) is 2. The molecule has 0 atom stereocenters. The van der Waals surface area contributed by atoms with Crippen molar-refractivity contribution in [2.24, 2.45) is 0 Å². The lowest BCUT2D eigenvalue weighted by atomic mass is 9.65. The van der Waals surface area contributed by atoms with E-state index in [0.29, 0.717) is 10.5 Å². The van der Waals surface area contributed by atoms with Crippen molar-refractivity contribution in [3.8, 4) is 11.3 Å². The van der Waals surface area contributed by atoms with Crippen molar-refractivity contribution in [3.63, 3.8) is 0 Å². The minimum atomic E-state index is -0.107. The topological polar surface area (TPSA) is 66.0 Å². The van der Waals surface area contributed by atoms with Crippen LogP contribution in [0.15, 0.2) is 29.1 Å². The summed E-state index contributed by atoms with van der Waals surface area (Å²) in [5, 5.41) is 5.79. The second-order valence-electron chi connectivity index (χ2n) is 7.38. The van der Waals surface area contributed by atoms with Gasteiger partial charge in [0.05, 0.1) is 11.3 Å². The highest BCUT2D eigenvalue weighted by molar-refractivity contribution is 7.71. The maximum Gasteiger partial charge on any atom is 0.265 e. The third-order valence-corrected chi connectivity index (χ3v) is 6.24. The van der Waals surface area contributed by atoms with E-state index < -0.39 is 0 Å². The monoisotopic (exact) mass is 352 g/mol. The molecule has 0 radical (unpaired) electrons. The summed E-state index contributed by atoms with van der Waals surface area (Å²) >= 11 is 5.31. The first kappa shape index (κ1) is 15.1. The molecule has 5 nitrogen and oxygen atoms in total. The Balaban J connectivity index is 1.91. The molecule has 0 saturated heterocycles. The Morgan fingerprint density at radius 3 is 2.64 bits per heavy atom. The van der Waals surface area contributed by atoms with Gasteiger partial charge >= 0.3 is 0 Å². The summed E-state index contributed by atoms with van der Waals surface area (Å²) in [6.07, 6.45) is 7.88. The summed E-state index contributed by atoms with van der Waals surface area (Å²) in [5.41, 5.74) is 4.02. The molecule has 25 heavy (non-hydrogen) atoms. The van der Waals surface area contributed by atoms with Gasteiger partial charge in [0.15, 0.2) is 0 Å². The van der Waals surface area contributed by atoms with Crippen molar-refractivity contribution in [1.29, 1.82) is 0 Å². The highest BCUT2D eigenvalue weighted by Gasteiger charge is 2.42. The number of H-pyrrole nitrogens is 2. The molecule has 1 aromatic carbocycles. The first-order valence-electron chi connectivity index (χ1n) is 9.02. The lowest BCUT2D eigenvalue weighted by molar-refractivity contribution is 0.359. The van der Waals surface area contributed by atoms with Gasteiger partial charge in [-0.15, -0.1) is 0 Å². The molecule has 0 aliphatic heterocycles. The molecule has 1 spiro atoms. The molecule has 128 valence electrons. The average molecular weight is 352 g/mol. The zero-order valence-corrected chi connectivity index (χ0v) is 14.8. The van der Waals surface area contributed by atoms with E-state index in [4.69, 9.17) is 17.2 Å². The predicted molar refractivity (Wildman–Crippen MR) is 99.5 cm³/mol. The summed E-state index contributed by atoms with van der Waals surface area (Å²) < 4.78 is 1.91. The molecule has 5 rings (SSSR count). The number of fused-ring (bicyclic) bond motifs is 5. The highest BCUT2D eigenvalue weighted by atomic mass is 32.1. The van der Waals surface area contributed by atoms with Crippen LogP contribution in [-0.2, 0) is 11.8 Å². The molecule has 1 saturated carbocycles. The third-order valence-electron chi connectivity index (χ3n) is 5.96. The first-order valence-corrected chi connectivity index (χ1v) is 9.43. The molecule has 2 aromatic heterocycles. The smallest absolute Gasteiger partial charge is 0.265 e. The van der Waals surface area contributed by atoms with Crippen LogP contribution in [0.25, 0.3) is 17.0 Å². The van der Waals surface area contributed by atoms with Crippen LogP contribution in [0.4, 0.5) is 0 Å². The van der Waals surface area contributed by atoms with Gasteiger partial charge in [-0.2, -0.15) is 0 Å². The van der Waals surface area contributed by atoms with Gasteiger partial charge < -0.3 is 0 Å². The highest BCUT2D eigenvalue weighted by Crippen LogP contribution is 2.47. The second kappa shape index (κ2) is 5.39. The molecule has 2 N–H and O–H groups in total. The maximum absolute atomic E-state index is 13.5. The Bertz CT molecular complexity index is 1080. The largest absolute Gasteiger partial charge is 0.273 e. The van der Waals surface area contributed by atoms with E-state index in [0.717, 1.165) is 36.1 Å². The van der Waals surface area contributed by atoms with E-state index in [1.54, 1.807) is 0 Å². The molecule has 1 fully saturated rings. The summed E-state index contributed by atoms with van der Waals surface area (Å²) in [6, 6.07) is 8.38. The van der Waals surface area contributed by atoms with E-state index in [9.17, 15) is 4.79 Å². The minimum absolute atomic E-state index is 0.00102. The van der Waals surface area contributed by atoms with Gasteiger partial charge in [0.1, 0.15) is 0 Å². The number of rotatable bonds is 0. The molecule has 2 aliphatic rings. The summed E-state index contributed by atoms with van der Waals surface area (Å²) in [4.78, 5) is 18.3. The minimum Gasteiger partial charge on any atom is -0.273 e. The predicted octanol–water partition coefficient (Wildman–Crippen LogP) is 3.90. The number of aromatic nitrogens is 4. The van der Waals surface area contributed by atoms with E-state index >= 15 is 0 Å². The molecule has 0 amide bonds.